The van der Waals surface area contributed by atoms with Crippen molar-refractivity contribution >= 4 is 25.7 Å². The van der Waals surface area contributed by atoms with Gasteiger partial charge in [0.15, 0.2) is 0 Å². The van der Waals surface area contributed by atoms with E-state index in [2.05, 4.69) is 0 Å². The van der Waals surface area contributed by atoms with Crippen molar-refractivity contribution in [2.24, 2.45) is 0 Å². The molecule has 0 saturated heterocycles. The van der Waals surface area contributed by atoms with E-state index in [9.17, 15) is 14.2 Å². The van der Waals surface area contributed by atoms with Crippen LogP contribution in [0.5, 0.6) is 0 Å². The number of carbonyl (C=O) groups excluding carboxylic acids is 2. The molecule has 2 rings (SSSR count). The van der Waals surface area contributed by atoms with Gasteiger partial charge in [0.05, 0.1) is 0 Å². The highest BCUT2D eigenvalue weighted by Crippen LogP contribution is 2.61. The second-order valence-electron chi connectivity index (χ2n) is 8.65. The van der Waals surface area contributed by atoms with E-state index < -0.39 is 25.7 Å². The van der Waals surface area contributed by atoms with Crippen LogP contribution in [0.3, 0.4) is 0 Å². The summed E-state index contributed by atoms with van der Waals surface area (Å²) >= 11 is 0. The molecule has 6 heteroatoms. The van der Waals surface area contributed by atoms with Gasteiger partial charge in [0, 0.05) is 17.7 Å². The zero-order valence-electron chi connectivity index (χ0n) is 19.6. The van der Waals surface area contributed by atoms with Crippen molar-refractivity contribution in [1.82, 2.24) is 0 Å². The molecule has 0 aliphatic heterocycles. The molecule has 4 nitrogen and oxygen atoms in total. The monoisotopic (exact) mass is 444 g/mol. The standard InChI is InChI=1S/C24H33O4PSi/c1-10-28-30(8,9)29(27,23(25)21-17(4)11-15(2)12-18(21)5)24(26)22-19(6)13-16(3)14-20(22)7/h11-14H,10H2,1-9H3. The van der Waals surface area contributed by atoms with Crippen LogP contribution in [0.15, 0.2) is 24.3 Å². The quantitative estimate of drug-likeness (QED) is 0.356. The minimum absolute atomic E-state index is 0.307. The van der Waals surface area contributed by atoms with Crippen LogP contribution in [-0.4, -0.2) is 25.6 Å². The fourth-order valence-corrected chi connectivity index (χ4v) is 12.3. The Balaban J connectivity index is 2.84. The predicted molar refractivity (Wildman–Crippen MR) is 127 cm³/mol. The summed E-state index contributed by atoms with van der Waals surface area (Å²) in [4.78, 5) is 27.8. The molecule has 0 bridgehead atoms. The summed E-state index contributed by atoms with van der Waals surface area (Å²) in [6, 6.07) is 7.58. The topological polar surface area (TPSA) is 60.4 Å². The van der Waals surface area contributed by atoms with E-state index in [-0.39, 0.29) is 0 Å². The van der Waals surface area contributed by atoms with Gasteiger partial charge in [-0.05, 0) is 83.8 Å². The Hall–Kier alpha value is -1.81. The normalized spacial score (nSPS) is 12.2. The third kappa shape index (κ3) is 4.16. The molecule has 0 heterocycles. The van der Waals surface area contributed by atoms with E-state index in [0.29, 0.717) is 17.7 Å². The molecule has 0 aliphatic rings. The zero-order valence-corrected chi connectivity index (χ0v) is 21.5. The van der Waals surface area contributed by atoms with Gasteiger partial charge < -0.3 is 8.99 Å². The fourth-order valence-electron chi connectivity index (χ4n) is 4.38. The largest absolute Gasteiger partial charge is 0.409 e. The van der Waals surface area contributed by atoms with Crippen molar-refractivity contribution in [2.75, 3.05) is 6.61 Å². The third-order valence-electron chi connectivity index (χ3n) is 5.61. The van der Waals surface area contributed by atoms with Gasteiger partial charge >= 0.3 is 0 Å². The summed E-state index contributed by atoms with van der Waals surface area (Å²) in [5.74, 6) is 0. The lowest BCUT2D eigenvalue weighted by Crippen LogP contribution is -2.38. The molecule has 2 aromatic rings. The molecule has 0 spiro atoms. The van der Waals surface area contributed by atoms with Gasteiger partial charge in [0.1, 0.15) is 0 Å². The molecule has 0 N–H and O–H groups in total. The van der Waals surface area contributed by atoms with Gasteiger partial charge in [-0.3, -0.25) is 9.59 Å². The summed E-state index contributed by atoms with van der Waals surface area (Å²) < 4.78 is 20.6. The molecule has 0 aliphatic carbocycles. The van der Waals surface area contributed by atoms with E-state index in [1.807, 2.05) is 65.8 Å². The predicted octanol–water partition coefficient (Wildman–Crippen LogP) is 6.62. The van der Waals surface area contributed by atoms with Gasteiger partial charge in [-0.1, -0.05) is 35.4 Å². The van der Waals surface area contributed by atoms with E-state index in [0.717, 1.165) is 33.4 Å². The van der Waals surface area contributed by atoms with Crippen LogP contribution in [0, 0.1) is 41.5 Å². The van der Waals surface area contributed by atoms with Crippen molar-refractivity contribution in [3.63, 3.8) is 0 Å². The van der Waals surface area contributed by atoms with Crippen molar-refractivity contribution in [3.05, 3.63) is 68.8 Å². The fraction of sp³-hybridized carbons (Fsp3) is 0.417. The smallest absolute Gasteiger partial charge is 0.270 e. The van der Waals surface area contributed by atoms with Crippen LogP contribution < -0.4 is 0 Å². The number of hydrogen-bond donors (Lipinski definition) is 0. The molecule has 0 radical (unpaired) electrons. The van der Waals surface area contributed by atoms with Gasteiger partial charge in [-0.15, -0.1) is 0 Å². The first-order valence-corrected chi connectivity index (χ1v) is 15.7. The highest BCUT2D eigenvalue weighted by molar-refractivity contribution is 8.20. The Kier molecular flexibility index (Phi) is 7.12. The Morgan fingerprint density at radius 2 is 1.07 bits per heavy atom. The summed E-state index contributed by atoms with van der Waals surface area (Å²) in [6.45, 7) is 12.7. The first kappa shape index (κ1) is 24.5. The van der Waals surface area contributed by atoms with Crippen molar-refractivity contribution in [1.29, 1.82) is 0 Å². The molecular weight excluding hydrogens is 411 g/mol. The van der Waals surface area contributed by atoms with Crippen LogP contribution in [0.25, 0.3) is 0 Å². The summed E-state index contributed by atoms with van der Waals surface area (Å²) in [7, 11) is -3.21. The summed E-state index contributed by atoms with van der Waals surface area (Å²) in [5.41, 5.74) is 4.66. The molecule has 30 heavy (non-hydrogen) atoms. The van der Waals surface area contributed by atoms with E-state index in [1.165, 1.54) is 0 Å². The second kappa shape index (κ2) is 8.74. The molecule has 2 aromatic carbocycles. The minimum atomic E-state index is -4.06. The number of carbonyl (C=O) groups is 2. The van der Waals surface area contributed by atoms with Crippen molar-refractivity contribution in [2.45, 2.75) is 61.6 Å². The summed E-state index contributed by atoms with van der Waals surface area (Å²) in [6.07, 6.45) is 0. The van der Waals surface area contributed by atoms with E-state index in [4.69, 9.17) is 4.43 Å². The highest BCUT2D eigenvalue weighted by Gasteiger charge is 2.56. The highest BCUT2D eigenvalue weighted by atomic mass is 31.4. The second-order valence-corrected chi connectivity index (χ2v) is 19.0. The molecule has 162 valence electrons. The minimum Gasteiger partial charge on any atom is -0.409 e. The Morgan fingerprint density at radius 3 is 1.33 bits per heavy atom. The number of rotatable bonds is 7. The summed E-state index contributed by atoms with van der Waals surface area (Å²) in [5, 5.41) is 0. The van der Waals surface area contributed by atoms with Crippen LogP contribution in [-0.2, 0) is 8.99 Å². The average Bonchev–Trinajstić information content (AvgIpc) is 2.58. The van der Waals surface area contributed by atoms with Gasteiger partial charge in [-0.25, -0.2) is 0 Å². The lowest BCUT2D eigenvalue weighted by Gasteiger charge is -2.31. The molecule has 0 aromatic heterocycles. The van der Waals surface area contributed by atoms with E-state index in [1.54, 1.807) is 20.0 Å². The number of aryl methyl sites for hydroxylation is 6. The Morgan fingerprint density at radius 1 is 0.767 bits per heavy atom. The molecular formula is C24H33O4PSi. The molecule has 0 amide bonds. The van der Waals surface area contributed by atoms with Crippen LogP contribution in [0.2, 0.25) is 13.1 Å². The first-order valence-electron chi connectivity index (χ1n) is 10.3. The maximum absolute atomic E-state index is 14.6. The maximum Gasteiger partial charge on any atom is 0.270 e. The van der Waals surface area contributed by atoms with Crippen molar-refractivity contribution in [3.8, 4) is 0 Å². The molecule has 0 atom stereocenters. The Labute approximate surface area is 181 Å². The molecule has 0 unspecified atom stereocenters. The zero-order chi connectivity index (χ0) is 23.0. The van der Waals surface area contributed by atoms with Crippen LogP contribution in [0.4, 0.5) is 0 Å². The lowest BCUT2D eigenvalue weighted by atomic mass is 10.0. The van der Waals surface area contributed by atoms with Crippen molar-refractivity contribution < 1.29 is 18.6 Å². The van der Waals surface area contributed by atoms with E-state index >= 15 is 0 Å². The third-order valence-corrected chi connectivity index (χ3v) is 15.9. The Bertz CT molecular complexity index is 949. The first-order chi connectivity index (χ1) is 13.8. The average molecular weight is 445 g/mol. The van der Waals surface area contributed by atoms with Gasteiger partial charge in [-0.2, -0.15) is 0 Å². The number of hydrogen-bond acceptors (Lipinski definition) is 4. The van der Waals surface area contributed by atoms with Gasteiger partial charge in [0.25, 0.3) is 7.98 Å². The maximum atomic E-state index is 14.6. The SMILES string of the molecule is CCO[Si](C)(C)P(=O)(C(=O)c1c(C)cc(C)cc1C)C(=O)c1c(C)cc(C)cc1C. The van der Waals surface area contributed by atoms with Gasteiger partial charge in [0.2, 0.25) is 17.7 Å². The lowest BCUT2D eigenvalue weighted by molar-refractivity contribution is 0.104. The van der Waals surface area contributed by atoms with Crippen LogP contribution >= 0.6 is 6.69 Å². The molecule has 0 saturated carbocycles. The number of benzene rings is 2. The molecule has 0 fully saturated rings. The van der Waals surface area contributed by atoms with Crippen LogP contribution in [0.1, 0.15) is 61.0 Å².